The van der Waals surface area contributed by atoms with Gasteiger partial charge in [-0.2, -0.15) is 0 Å². The monoisotopic (exact) mass is 317 g/mol. The first-order chi connectivity index (χ1) is 11.3. The van der Waals surface area contributed by atoms with E-state index in [1.165, 1.54) is 12.0 Å². The number of methoxy groups -OCH3 is 1. The number of nitrogens with one attached hydrogen (secondary N) is 1. The van der Waals surface area contributed by atoms with Gasteiger partial charge in [0.05, 0.1) is 7.11 Å². The fourth-order valence-corrected chi connectivity index (χ4v) is 3.70. The minimum atomic E-state index is 0.289. The Morgan fingerprint density at radius 1 is 1.26 bits per heavy atom. The molecule has 2 aliphatic rings. The Labute approximate surface area is 138 Å². The van der Waals surface area contributed by atoms with Crippen molar-refractivity contribution in [3.63, 3.8) is 0 Å². The lowest BCUT2D eigenvalue weighted by Crippen LogP contribution is -2.47. The van der Waals surface area contributed by atoms with Gasteiger partial charge in [0.1, 0.15) is 5.75 Å². The predicted octanol–water partition coefficient (Wildman–Crippen LogP) is 1.65. The molecule has 23 heavy (non-hydrogen) atoms. The molecule has 5 heteroatoms. The SMILES string of the molecule is COc1ccccc1C1CCCN1CCC(=O)N1CCNCC1. The van der Waals surface area contributed by atoms with Gasteiger partial charge in [-0.3, -0.25) is 9.69 Å². The number of ether oxygens (including phenoxy) is 1. The Balaban J connectivity index is 1.59. The Bertz CT molecular complexity index is 529. The second-order valence-corrected chi connectivity index (χ2v) is 6.32. The number of piperazine rings is 1. The second kappa shape index (κ2) is 7.79. The van der Waals surface area contributed by atoms with Gasteiger partial charge in [0.25, 0.3) is 0 Å². The van der Waals surface area contributed by atoms with Crippen molar-refractivity contribution >= 4 is 5.91 Å². The van der Waals surface area contributed by atoms with E-state index in [0.29, 0.717) is 12.5 Å². The summed E-state index contributed by atoms with van der Waals surface area (Å²) in [6.45, 7) is 5.42. The molecule has 0 bridgehead atoms. The number of hydrogen-bond acceptors (Lipinski definition) is 4. The van der Waals surface area contributed by atoms with Crippen LogP contribution in [0.15, 0.2) is 24.3 Å². The standard InChI is InChI=1S/C18H27N3O2/c1-23-17-7-3-2-5-15(17)16-6-4-11-20(16)12-8-18(22)21-13-9-19-10-14-21/h2-3,5,7,16,19H,4,6,8-14H2,1H3. The Morgan fingerprint density at radius 3 is 2.83 bits per heavy atom. The number of para-hydroxylation sites is 1. The first-order valence-electron chi connectivity index (χ1n) is 8.65. The van der Waals surface area contributed by atoms with Crippen LogP contribution in [-0.2, 0) is 4.79 Å². The molecule has 2 fully saturated rings. The van der Waals surface area contributed by atoms with Crippen LogP contribution in [0.25, 0.3) is 0 Å². The molecule has 2 aliphatic heterocycles. The summed E-state index contributed by atoms with van der Waals surface area (Å²) in [4.78, 5) is 16.8. The second-order valence-electron chi connectivity index (χ2n) is 6.32. The van der Waals surface area contributed by atoms with Crippen molar-refractivity contribution in [2.75, 3.05) is 46.4 Å². The smallest absolute Gasteiger partial charge is 0.223 e. The Hall–Kier alpha value is -1.59. The van der Waals surface area contributed by atoms with Crippen LogP contribution >= 0.6 is 0 Å². The van der Waals surface area contributed by atoms with E-state index in [1.54, 1.807) is 7.11 Å². The van der Waals surface area contributed by atoms with E-state index in [-0.39, 0.29) is 5.91 Å². The average molecular weight is 317 g/mol. The van der Waals surface area contributed by atoms with Gasteiger partial charge in [-0.05, 0) is 25.5 Å². The van der Waals surface area contributed by atoms with Crippen LogP contribution in [0.4, 0.5) is 0 Å². The summed E-state index contributed by atoms with van der Waals surface area (Å²) in [6, 6.07) is 8.63. The van der Waals surface area contributed by atoms with Gasteiger partial charge in [-0.1, -0.05) is 18.2 Å². The Morgan fingerprint density at radius 2 is 2.04 bits per heavy atom. The van der Waals surface area contributed by atoms with Crippen LogP contribution in [-0.4, -0.2) is 62.1 Å². The Kier molecular flexibility index (Phi) is 5.51. The highest BCUT2D eigenvalue weighted by atomic mass is 16.5. The molecule has 2 saturated heterocycles. The summed E-state index contributed by atoms with van der Waals surface area (Å²) in [5.41, 5.74) is 1.25. The number of amides is 1. The third-order valence-corrected chi connectivity index (χ3v) is 4.94. The number of benzene rings is 1. The molecule has 126 valence electrons. The molecule has 3 rings (SSSR count). The fraction of sp³-hybridized carbons (Fsp3) is 0.611. The number of rotatable bonds is 5. The van der Waals surface area contributed by atoms with Gasteiger partial charge >= 0.3 is 0 Å². The molecule has 0 spiro atoms. The lowest BCUT2D eigenvalue weighted by atomic mass is 10.0. The van der Waals surface area contributed by atoms with Crippen LogP contribution in [0.3, 0.4) is 0 Å². The molecular formula is C18H27N3O2. The van der Waals surface area contributed by atoms with E-state index in [2.05, 4.69) is 22.3 Å². The summed E-state index contributed by atoms with van der Waals surface area (Å²) < 4.78 is 5.52. The minimum Gasteiger partial charge on any atom is -0.496 e. The highest BCUT2D eigenvalue weighted by molar-refractivity contribution is 5.76. The van der Waals surface area contributed by atoms with Crippen molar-refractivity contribution in [3.8, 4) is 5.75 Å². The highest BCUT2D eigenvalue weighted by Crippen LogP contribution is 2.36. The zero-order valence-corrected chi connectivity index (χ0v) is 14.0. The summed E-state index contributed by atoms with van der Waals surface area (Å²) in [6.07, 6.45) is 2.94. The van der Waals surface area contributed by atoms with Crippen molar-refractivity contribution in [2.45, 2.75) is 25.3 Å². The van der Waals surface area contributed by atoms with Crippen molar-refractivity contribution in [1.29, 1.82) is 0 Å². The van der Waals surface area contributed by atoms with Crippen molar-refractivity contribution in [3.05, 3.63) is 29.8 Å². The lowest BCUT2D eigenvalue weighted by Gasteiger charge is -2.30. The third kappa shape index (κ3) is 3.85. The largest absolute Gasteiger partial charge is 0.496 e. The molecule has 1 aromatic carbocycles. The van der Waals surface area contributed by atoms with Crippen molar-refractivity contribution < 1.29 is 9.53 Å². The summed E-state index contributed by atoms with van der Waals surface area (Å²) >= 11 is 0. The van der Waals surface area contributed by atoms with Crippen molar-refractivity contribution in [1.82, 2.24) is 15.1 Å². The van der Waals surface area contributed by atoms with Gasteiger partial charge in [-0.15, -0.1) is 0 Å². The normalized spacial score (nSPS) is 22.3. The lowest BCUT2D eigenvalue weighted by molar-refractivity contribution is -0.132. The zero-order chi connectivity index (χ0) is 16.1. The zero-order valence-electron chi connectivity index (χ0n) is 14.0. The van der Waals surface area contributed by atoms with Crippen LogP contribution in [0.1, 0.15) is 30.9 Å². The maximum Gasteiger partial charge on any atom is 0.223 e. The van der Waals surface area contributed by atoms with E-state index in [0.717, 1.165) is 51.4 Å². The molecule has 5 nitrogen and oxygen atoms in total. The van der Waals surface area contributed by atoms with Crippen LogP contribution in [0, 0.1) is 0 Å². The minimum absolute atomic E-state index is 0.289. The molecule has 1 unspecified atom stereocenters. The average Bonchev–Trinajstić information content (AvgIpc) is 3.08. The van der Waals surface area contributed by atoms with E-state index in [1.807, 2.05) is 17.0 Å². The van der Waals surface area contributed by atoms with Gasteiger partial charge in [0, 0.05) is 50.7 Å². The molecule has 1 atom stereocenters. The van der Waals surface area contributed by atoms with Crippen LogP contribution in [0.5, 0.6) is 5.75 Å². The molecule has 0 saturated carbocycles. The molecule has 0 radical (unpaired) electrons. The third-order valence-electron chi connectivity index (χ3n) is 4.94. The number of carbonyl (C=O) groups is 1. The van der Waals surface area contributed by atoms with Crippen LogP contribution < -0.4 is 10.1 Å². The maximum atomic E-state index is 12.4. The highest BCUT2D eigenvalue weighted by Gasteiger charge is 2.28. The molecule has 1 aromatic rings. The van der Waals surface area contributed by atoms with E-state index < -0.39 is 0 Å². The van der Waals surface area contributed by atoms with Crippen LogP contribution in [0.2, 0.25) is 0 Å². The van der Waals surface area contributed by atoms with Gasteiger partial charge in [0.2, 0.25) is 5.91 Å². The van der Waals surface area contributed by atoms with Crippen molar-refractivity contribution in [2.24, 2.45) is 0 Å². The topological polar surface area (TPSA) is 44.8 Å². The maximum absolute atomic E-state index is 12.4. The first kappa shape index (κ1) is 16.3. The molecule has 1 amide bonds. The molecule has 2 heterocycles. The predicted molar refractivity (Wildman–Crippen MR) is 90.6 cm³/mol. The summed E-state index contributed by atoms with van der Waals surface area (Å²) in [5.74, 6) is 1.25. The number of hydrogen-bond donors (Lipinski definition) is 1. The number of carbonyl (C=O) groups excluding carboxylic acids is 1. The summed E-state index contributed by atoms with van der Waals surface area (Å²) in [7, 11) is 1.73. The number of nitrogens with zero attached hydrogens (tertiary/aromatic N) is 2. The molecule has 0 aliphatic carbocycles. The first-order valence-corrected chi connectivity index (χ1v) is 8.65. The van der Waals surface area contributed by atoms with E-state index in [4.69, 9.17) is 4.74 Å². The molecule has 0 aromatic heterocycles. The van der Waals surface area contributed by atoms with E-state index >= 15 is 0 Å². The van der Waals surface area contributed by atoms with Gasteiger partial charge in [0.15, 0.2) is 0 Å². The summed E-state index contributed by atoms with van der Waals surface area (Å²) in [5, 5.41) is 3.29. The number of likely N-dealkylation sites (tertiary alicyclic amines) is 1. The molecule has 1 N–H and O–H groups in total. The van der Waals surface area contributed by atoms with Gasteiger partial charge in [-0.25, -0.2) is 0 Å². The van der Waals surface area contributed by atoms with Gasteiger partial charge < -0.3 is 15.0 Å². The molecular weight excluding hydrogens is 290 g/mol. The quantitative estimate of drug-likeness (QED) is 0.897. The fourth-order valence-electron chi connectivity index (χ4n) is 3.70. The van der Waals surface area contributed by atoms with E-state index in [9.17, 15) is 4.79 Å².